The van der Waals surface area contributed by atoms with Crippen LogP contribution in [0.15, 0.2) is 35.4 Å². The molecule has 0 saturated carbocycles. The molecule has 33 heavy (non-hydrogen) atoms. The van der Waals surface area contributed by atoms with Crippen molar-refractivity contribution >= 4 is 49.8 Å². The monoisotopic (exact) mass is 501 g/mol. The van der Waals surface area contributed by atoms with E-state index in [1.54, 1.807) is 26.1 Å². The van der Waals surface area contributed by atoms with Crippen molar-refractivity contribution in [1.29, 1.82) is 0 Å². The maximum atomic E-state index is 14.6. The molecule has 1 aliphatic heterocycles. The Morgan fingerprint density at radius 3 is 2.42 bits per heavy atom. The van der Waals surface area contributed by atoms with Gasteiger partial charge in [0.05, 0.1) is 33.6 Å². The van der Waals surface area contributed by atoms with Crippen molar-refractivity contribution in [2.24, 2.45) is 7.05 Å². The zero-order valence-electron chi connectivity index (χ0n) is 17.4. The predicted molar refractivity (Wildman–Crippen MR) is 120 cm³/mol. The lowest BCUT2D eigenvalue weighted by Crippen LogP contribution is -2.34. The van der Waals surface area contributed by atoms with Gasteiger partial charge in [0.1, 0.15) is 18.2 Å². The zero-order valence-corrected chi connectivity index (χ0v) is 19.0. The van der Waals surface area contributed by atoms with Crippen LogP contribution in [-0.2, 0) is 17.3 Å². The number of fused-ring (bicyclic) bond motifs is 1. The molecule has 0 amide bonds. The number of anilines is 3. The van der Waals surface area contributed by atoms with Crippen molar-refractivity contribution in [3.63, 3.8) is 0 Å². The van der Waals surface area contributed by atoms with E-state index in [0.29, 0.717) is 26.5 Å². The molecular weight excluding hydrogens is 483 g/mol. The van der Waals surface area contributed by atoms with Gasteiger partial charge in [-0.1, -0.05) is 11.6 Å². The minimum Gasteiger partial charge on any atom is -0.352 e. The van der Waals surface area contributed by atoms with E-state index < -0.39 is 41.5 Å². The number of benzene rings is 2. The minimum atomic E-state index is -4.33. The fourth-order valence-electron chi connectivity index (χ4n) is 3.56. The van der Waals surface area contributed by atoms with Gasteiger partial charge in [0.2, 0.25) is 0 Å². The molecular formula is C20H19ClF3N5O3S. The first-order valence-electron chi connectivity index (χ1n) is 9.75. The molecule has 176 valence electrons. The van der Waals surface area contributed by atoms with E-state index >= 15 is 0 Å². The molecule has 1 aromatic heterocycles. The van der Waals surface area contributed by atoms with Crippen LogP contribution in [0.1, 0.15) is 5.56 Å². The Balaban J connectivity index is 1.69. The van der Waals surface area contributed by atoms with Crippen molar-refractivity contribution in [2.75, 3.05) is 23.1 Å². The van der Waals surface area contributed by atoms with Crippen LogP contribution < -0.4 is 15.6 Å². The van der Waals surface area contributed by atoms with Crippen LogP contribution in [0, 0.1) is 12.7 Å². The molecule has 4 rings (SSSR count). The topological polar surface area (TPSA) is 96.3 Å². The van der Waals surface area contributed by atoms with E-state index in [0.717, 1.165) is 12.1 Å². The highest BCUT2D eigenvalue weighted by Crippen LogP contribution is 2.37. The summed E-state index contributed by atoms with van der Waals surface area (Å²) in [5, 5.41) is 2.83. The number of aryl methyl sites for hydroxylation is 2. The Hall–Kier alpha value is -2.83. The van der Waals surface area contributed by atoms with Gasteiger partial charge in [0.25, 0.3) is 5.56 Å². The van der Waals surface area contributed by atoms with Crippen LogP contribution in [0.25, 0.3) is 10.9 Å². The quantitative estimate of drug-likeness (QED) is 0.558. The molecule has 1 aliphatic rings. The Morgan fingerprint density at radius 2 is 1.76 bits per heavy atom. The second kappa shape index (κ2) is 8.50. The third-order valence-electron chi connectivity index (χ3n) is 5.43. The summed E-state index contributed by atoms with van der Waals surface area (Å²) in [5.74, 6) is -0.782. The van der Waals surface area contributed by atoms with Crippen molar-refractivity contribution in [1.82, 2.24) is 13.9 Å². The molecule has 2 N–H and O–H groups in total. The number of halogens is 4. The van der Waals surface area contributed by atoms with Crippen molar-refractivity contribution in [2.45, 2.75) is 19.3 Å². The van der Waals surface area contributed by atoms with Gasteiger partial charge in [-0.2, -0.15) is 12.7 Å². The molecule has 1 saturated heterocycles. The van der Waals surface area contributed by atoms with Crippen LogP contribution >= 0.6 is 11.6 Å². The van der Waals surface area contributed by atoms with Crippen LogP contribution in [0.4, 0.5) is 30.2 Å². The van der Waals surface area contributed by atoms with Crippen molar-refractivity contribution < 1.29 is 21.6 Å². The van der Waals surface area contributed by atoms with E-state index in [2.05, 4.69) is 15.0 Å². The lowest BCUT2D eigenvalue weighted by atomic mass is 10.1. The highest BCUT2D eigenvalue weighted by Gasteiger charge is 2.39. The Bertz CT molecular complexity index is 1410. The smallest absolute Gasteiger partial charge is 0.301 e. The zero-order chi connectivity index (χ0) is 24.1. The van der Waals surface area contributed by atoms with E-state index in [-0.39, 0.29) is 22.0 Å². The number of aromatic nitrogens is 2. The SMILES string of the molecule is Cc1c(Nc2c(F)ccc(NS(=O)(=O)N3C[C@@H](F)[C@H](F)C3)c2Cl)ccc2ncn(C)c(=O)c12. The normalized spacial score (nSPS) is 19.2. The predicted octanol–water partition coefficient (Wildman–Crippen LogP) is 3.43. The Labute approximate surface area is 192 Å². The number of hydrogen-bond donors (Lipinski definition) is 2. The average Bonchev–Trinajstić information content (AvgIpc) is 3.11. The van der Waals surface area contributed by atoms with E-state index in [1.165, 1.54) is 10.9 Å². The lowest BCUT2D eigenvalue weighted by molar-refractivity contribution is 0.217. The lowest BCUT2D eigenvalue weighted by Gasteiger charge is -2.19. The molecule has 0 radical (unpaired) electrons. The number of nitrogens with one attached hydrogen (secondary N) is 2. The molecule has 2 heterocycles. The van der Waals surface area contributed by atoms with Crippen molar-refractivity contribution in [3.8, 4) is 0 Å². The maximum absolute atomic E-state index is 14.6. The summed E-state index contributed by atoms with van der Waals surface area (Å²) >= 11 is 6.29. The minimum absolute atomic E-state index is 0.186. The van der Waals surface area contributed by atoms with Crippen LogP contribution in [0.5, 0.6) is 0 Å². The van der Waals surface area contributed by atoms with Crippen molar-refractivity contribution in [3.05, 3.63) is 57.3 Å². The molecule has 2 aromatic carbocycles. The number of alkyl halides is 2. The first-order chi connectivity index (χ1) is 15.5. The highest BCUT2D eigenvalue weighted by molar-refractivity contribution is 7.90. The fourth-order valence-corrected chi connectivity index (χ4v) is 5.12. The van der Waals surface area contributed by atoms with Crippen LogP contribution in [0.3, 0.4) is 0 Å². The maximum Gasteiger partial charge on any atom is 0.301 e. The largest absolute Gasteiger partial charge is 0.352 e. The molecule has 2 atom stereocenters. The summed E-state index contributed by atoms with van der Waals surface area (Å²) in [4.78, 5) is 16.7. The molecule has 0 aliphatic carbocycles. The summed E-state index contributed by atoms with van der Waals surface area (Å²) in [6, 6.07) is 5.26. The third kappa shape index (κ3) is 4.25. The van der Waals surface area contributed by atoms with Crippen LogP contribution in [0.2, 0.25) is 5.02 Å². The summed E-state index contributed by atoms with van der Waals surface area (Å²) in [6.07, 6.45) is -2.47. The van der Waals surface area contributed by atoms with E-state index in [9.17, 15) is 26.4 Å². The van der Waals surface area contributed by atoms with Gasteiger partial charge in [-0.25, -0.2) is 18.2 Å². The van der Waals surface area contributed by atoms with Crippen LogP contribution in [-0.4, -0.2) is 47.7 Å². The van der Waals surface area contributed by atoms with Gasteiger partial charge in [-0.05, 0) is 36.8 Å². The van der Waals surface area contributed by atoms with Gasteiger partial charge >= 0.3 is 10.2 Å². The molecule has 8 nitrogen and oxygen atoms in total. The molecule has 1 fully saturated rings. The Kier molecular flexibility index (Phi) is 6.01. The van der Waals surface area contributed by atoms with Gasteiger partial charge in [-0.3, -0.25) is 9.52 Å². The molecule has 0 spiro atoms. The highest BCUT2D eigenvalue weighted by atomic mass is 35.5. The standard InChI is InChI=1S/C20H19ClF3N5O3S/c1-10-14(5-6-15-17(10)20(30)28(2)9-25-15)26-19-11(22)3-4-16(18(19)21)27-33(31,32)29-7-12(23)13(24)8-29/h3-6,9,12-13,26-27H,7-8H2,1-2H3/t12-,13-/m1/s1. The van der Waals surface area contributed by atoms with Gasteiger partial charge in [-0.15, -0.1) is 0 Å². The summed E-state index contributed by atoms with van der Waals surface area (Å²) in [5.41, 5.74) is 0.577. The molecule has 3 aromatic rings. The third-order valence-corrected chi connectivity index (χ3v) is 7.27. The number of hydrogen-bond acceptors (Lipinski definition) is 5. The second-order valence-corrected chi connectivity index (χ2v) is 9.71. The van der Waals surface area contributed by atoms with E-state index in [4.69, 9.17) is 11.6 Å². The second-order valence-electron chi connectivity index (χ2n) is 7.66. The molecule has 13 heteroatoms. The number of nitrogens with zero attached hydrogens (tertiary/aromatic N) is 3. The fraction of sp³-hybridized carbons (Fsp3) is 0.300. The summed E-state index contributed by atoms with van der Waals surface area (Å²) in [7, 11) is -2.78. The summed E-state index contributed by atoms with van der Waals surface area (Å²) in [6.45, 7) is 0.375. The van der Waals surface area contributed by atoms with Gasteiger partial charge < -0.3 is 9.88 Å². The molecule has 0 bridgehead atoms. The van der Waals surface area contributed by atoms with Gasteiger partial charge in [0, 0.05) is 25.8 Å². The van der Waals surface area contributed by atoms with Gasteiger partial charge in [0.15, 0.2) is 0 Å². The summed E-state index contributed by atoms with van der Waals surface area (Å²) < 4.78 is 70.7. The van der Waals surface area contributed by atoms with E-state index in [1.807, 2.05) is 0 Å². The molecule has 0 unspecified atom stereocenters. The Morgan fingerprint density at radius 1 is 1.12 bits per heavy atom. The first-order valence-corrected chi connectivity index (χ1v) is 11.6. The number of rotatable bonds is 5. The first kappa shape index (κ1) is 23.3. The average molecular weight is 502 g/mol.